The second kappa shape index (κ2) is 11.2. The van der Waals surface area contributed by atoms with Crippen LogP contribution in [-0.4, -0.2) is 63.4 Å². The van der Waals surface area contributed by atoms with Gasteiger partial charge in [0.1, 0.15) is 12.4 Å². The van der Waals surface area contributed by atoms with Crippen molar-refractivity contribution in [3.8, 4) is 5.75 Å². The molecule has 1 aromatic carbocycles. The Kier molecular flexibility index (Phi) is 7.72. The number of carbonyl (C=O) groups is 2. The number of ether oxygens (including phenoxy) is 1. The first kappa shape index (κ1) is 26.3. The lowest BCUT2D eigenvalue weighted by molar-refractivity contribution is -0.150. The van der Waals surface area contributed by atoms with E-state index in [0.717, 1.165) is 50.8 Å². The Bertz CT molecular complexity index is 1230. The van der Waals surface area contributed by atoms with Crippen molar-refractivity contribution in [1.29, 1.82) is 0 Å². The number of nitrogens with zero attached hydrogens (tertiary/aromatic N) is 4. The fraction of sp³-hybridized carbons (Fsp3) is 0.586. The van der Waals surface area contributed by atoms with E-state index in [0.29, 0.717) is 38.2 Å². The van der Waals surface area contributed by atoms with Crippen LogP contribution < -0.4 is 16.0 Å². The van der Waals surface area contributed by atoms with E-state index in [1.807, 2.05) is 17.0 Å². The lowest BCUT2D eigenvalue weighted by atomic mass is 9.72. The van der Waals surface area contributed by atoms with Gasteiger partial charge in [0.05, 0.1) is 11.5 Å². The maximum Gasteiger partial charge on any atom is 0.255 e. The van der Waals surface area contributed by atoms with E-state index in [1.165, 1.54) is 16.2 Å². The van der Waals surface area contributed by atoms with Crippen LogP contribution in [0.3, 0.4) is 0 Å². The van der Waals surface area contributed by atoms with Crippen molar-refractivity contribution in [2.45, 2.75) is 77.3 Å². The number of benzene rings is 1. The highest BCUT2D eigenvalue weighted by molar-refractivity contribution is 5.84. The number of piperidine rings is 1. The van der Waals surface area contributed by atoms with Crippen LogP contribution in [0, 0.1) is 12.3 Å². The monoisotopic (exact) mass is 521 g/mol. The van der Waals surface area contributed by atoms with Gasteiger partial charge in [0.15, 0.2) is 0 Å². The molecule has 0 radical (unpaired) electrons. The molecule has 0 aliphatic carbocycles. The molecule has 0 unspecified atom stereocenters. The zero-order valence-electron chi connectivity index (χ0n) is 22.4. The number of nitrogen functional groups attached to an aromatic ring is 1. The maximum absolute atomic E-state index is 14.1. The van der Waals surface area contributed by atoms with Crippen LogP contribution >= 0.6 is 0 Å². The molecule has 3 aliphatic rings. The van der Waals surface area contributed by atoms with Gasteiger partial charge in [0.2, 0.25) is 17.8 Å². The lowest BCUT2D eigenvalue weighted by Gasteiger charge is -2.44. The number of para-hydroxylation sites is 1. The SMILES string of the molecule is Cc1cc(=O)n(CCC(=O)N2CCC3(CCCCc4ccccc4OC[C@@H]4CCCN4C3=O)CC2)c(N)n1. The lowest BCUT2D eigenvalue weighted by Crippen LogP contribution is -2.53. The summed E-state index contributed by atoms with van der Waals surface area (Å²) in [6.07, 6.45) is 7.25. The zero-order valence-corrected chi connectivity index (χ0v) is 22.4. The van der Waals surface area contributed by atoms with E-state index in [1.54, 1.807) is 6.92 Å². The summed E-state index contributed by atoms with van der Waals surface area (Å²) in [5, 5.41) is 0. The van der Waals surface area contributed by atoms with E-state index < -0.39 is 5.41 Å². The van der Waals surface area contributed by atoms with Gasteiger partial charge in [-0.3, -0.25) is 19.0 Å². The number of nitrogens with two attached hydrogens (primary N) is 1. The standard InChI is InChI=1S/C29H39N5O4/c1-21-19-26(36)34(28(30)31-21)16-11-25(35)32-17-13-29(14-18-32)12-5-4-8-22-7-2-3-10-24(22)38-20-23-9-6-15-33(23)27(29)37/h2-3,7,10,19,23H,4-6,8-9,11-18,20H2,1H3,(H2,30,31)/t23-/m0/s1. The Morgan fingerprint density at radius 2 is 1.89 bits per heavy atom. The molecule has 38 heavy (non-hydrogen) atoms. The number of carbonyl (C=O) groups excluding carboxylic acids is 2. The third kappa shape index (κ3) is 5.42. The number of fused-ring (bicyclic) bond motifs is 2. The maximum atomic E-state index is 14.1. The molecule has 9 heteroatoms. The number of hydrogen-bond acceptors (Lipinski definition) is 6. The molecule has 4 heterocycles. The molecular weight excluding hydrogens is 482 g/mol. The number of rotatable bonds is 3. The Morgan fingerprint density at radius 1 is 1.11 bits per heavy atom. The molecule has 2 amide bonds. The van der Waals surface area contributed by atoms with Crippen LogP contribution in [0.5, 0.6) is 5.75 Å². The van der Waals surface area contributed by atoms with Crippen LogP contribution in [0.25, 0.3) is 0 Å². The Hall–Kier alpha value is -3.36. The van der Waals surface area contributed by atoms with E-state index in [4.69, 9.17) is 10.5 Å². The van der Waals surface area contributed by atoms with Crippen LogP contribution in [-0.2, 0) is 22.6 Å². The average Bonchev–Trinajstić information content (AvgIpc) is 3.37. The van der Waals surface area contributed by atoms with Crippen LogP contribution in [0.2, 0.25) is 0 Å². The number of likely N-dealkylation sites (tertiary alicyclic amines) is 1. The highest BCUT2D eigenvalue weighted by atomic mass is 16.5. The van der Waals surface area contributed by atoms with Crippen molar-refractivity contribution in [2.75, 3.05) is 32.0 Å². The predicted octanol–water partition coefficient (Wildman–Crippen LogP) is 2.93. The van der Waals surface area contributed by atoms with Gasteiger partial charge in [0, 0.05) is 44.4 Å². The molecule has 2 aromatic rings. The number of anilines is 1. The molecule has 0 bridgehead atoms. The van der Waals surface area contributed by atoms with Gasteiger partial charge in [-0.1, -0.05) is 24.6 Å². The summed E-state index contributed by atoms with van der Waals surface area (Å²) < 4.78 is 7.60. The molecule has 204 valence electrons. The summed E-state index contributed by atoms with van der Waals surface area (Å²) in [5.74, 6) is 1.30. The van der Waals surface area contributed by atoms with Crippen molar-refractivity contribution in [3.63, 3.8) is 0 Å². The quantitative estimate of drug-likeness (QED) is 0.665. The van der Waals surface area contributed by atoms with E-state index in [-0.39, 0.29) is 42.3 Å². The predicted molar refractivity (Wildman–Crippen MR) is 145 cm³/mol. The minimum atomic E-state index is -0.430. The summed E-state index contributed by atoms with van der Waals surface area (Å²) in [4.78, 5) is 47.4. The van der Waals surface area contributed by atoms with Gasteiger partial charge in [0.25, 0.3) is 5.56 Å². The summed E-state index contributed by atoms with van der Waals surface area (Å²) in [5.41, 5.74) is 7.04. The summed E-state index contributed by atoms with van der Waals surface area (Å²) in [7, 11) is 0. The Morgan fingerprint density at radius 3 is 2.68 bits per heavy atom. The van der Waals surface area contributed by atoms with Gasteiger partial charge in [-0.15, -0.1) is 0 Å². The first-order valence-corrected chi connectivity index (χ1v) is 14.0. The van der Waals surface area contributed by atoms with Crippen molar-refractivity contribution in [2.24, 2.45) is 5.41 Å². The second-order valence-corrected chi connectivity index (χ2v) is 11.1. The van der Waals surface area contributed by atoms with Crippen LogP contribution in [0.15, 0.2) is 35.1 Å². The molecule has 2 N–H and O–H groups in total. The van der Waals surface area contributed by atoms with Crippen molar-refractivity contribution < 1.29 is 14.3 Å². The highest BCUT2D eigenvalue weighted by Gasteiger charge is 2.46. The minimum Gasteiger partial charge on any atom is -0.491 e. The molecule has 0 saturated carbocycles. The molecular formula is C29H39N5O4. The molecule has 2 saturated heterocycles. The zero-order chi connectivity index (χ0) is 26.7. The smallest absolute Gasteiger partial charge is 0.255 e. The third-order valence-corrected chi connectivity index (χ3v) is 8.64. The topological polar surface area (TPSA) is 111 Å². The fourth-order valence-electron chi connectivity index (χ4n) is 6.39. The van der Waals surface area contributed by atoms with E-state index in [2.05, 4.69) is 22.0 Å². The summed E-state index contributed by atoms with van der Waals surface area (Å²) in [6, 6.07) is 9.78. The van der Waals surface area contributed by atoms with Gasteiger partial charge in [-0.25, -0.2) is 4.98 Å². The van der Waals surface area contributed by atoms with Gasteiger partial charge in [-0.2, -0.15) is 0 Å². The fourth-order valence-corrected chi connectivity index (χ4v) is 6.39. The third-order valence-electron chi connectivity index (χ3n) is 8.64. The van der Waals surface area contributed by atoms with Gasteiger partial charge in [-0.05, 0) is 63.5 Å². The Balaban J connectivity index is 1.26. The number of aryl methyl sites for hydroxylation is 2. The normalized spacial score (nSPS) is 21.7. The molecule has 2 fully saturated rings. The average molecular weight is 522 g/mol. The van der Waals surface area contributed by atoms with E-state index >= 15 is 0 Å². The minimum absolute atomic E-state index is 0.0172. The summed E-state index contributed by atoms with van der Waals surface area (Å²) >= 11 is 0. The molecule has 1 spiro atoms. The number of amides is 2. The molecule has 1 atom stereocenters. The van der Waals surface area contributed by atoms with Crippen molar-refractivity contribution in [1.82, 2.24) is 19.4 Å². The second-order valence-electron chi connectivity index (χ2n) is 11.1. The van der Waals surface area contributed by atoms with Gasteiger partial charge >= 0.3 is 0 Å². The molecule has 3 aliphatic heterocycles. The number of aromatic nitrogens is 2. The Labute approximate surface area is 224 Å². The highest BCUT2D eigenvalue weighted by Crippen LogP contribution is 2.41. The van der Waals surface area contributed by atoms with Crippen molar-refractivity contribution in [3.05, 3.63) is 51.9 Å². The van der Waals surface area contributed by atoms with Crippen LogP contribution in [0.1, 0.15) is 62.6 Å². The molecule has 5 rings (SSSR count). The first-order valence-electron chi connectivity index (χ1n) is 14.0. The first-order chi connectivity index (χ1) is 18.4. The van der Waals surface area contributed by atoms with Crippen molar-refractivity contribution >= 4 is 17.8 Å². The van der Waals surface area contributed by atoms with E-state index in [9.17, 15) is 14.4 Å². The number of hydrogen-bond donors (Lipinski definition) is 1. The molecule has 1 aromatic heterocycles. The largest absolute Gasteiger partial charge is 0.491 e. The van der Waals surface area contributed by atoms with Gasteiger partial charge < -0.3 is 20.3 Å². The van der Waals surface area contributed by atoms with Crippen LogP contribution in [0.4, 0.5) is 5.95 Å². The summed E-state index contributed by atoms with van der Waals surface area (Å²) in [6.45, 7) is 4.34. The molecule has 9 nitrogen and oxygen atoms in total.